The lowest BCUT2D eigenvalue weighted by Crippen LogP contribution is -2.49. The van der Waals surface area contributed by atoms with Crippen molar-refractivity contribution in [2.45, 2.75) is 38.1 Å². The molecule has 5 N–H and O–H groups in total. The van der Waals surface area contributed by atoms with Gasteiger partial charge in [-0.3, -0.25) is 14.5 Å². The first kappa shape index (κ1) is 27.8. The summed E-state index contributed by atoms with van der Waals surface area (Å²) in [5.74, 6) is -1.17. The summed E-state index contributed by atoms with van der Waals surface area (Å²) in [5, 5.41) is 10.7. The molecule has 0 radical (unpaired) electrons. The van der Waals surface area contributed by atoms with Crippen molar-refractivity contribution >= 4 is 40.2 Å². The lowest BCUT2D eigenvalue weighted by Gasteiger charge is -2.39. The fraction of sp³-hybridized carbons (Fsp3) is 0.379. The number of piperidine rings is 2. The number of primary amides is 1. The number of aliphatic carboxylic acids is 1. The second-order valence-corrected chi connectivity index (χ2v) is 9.91. The van der Waals surface area contributed by atoms with Crippen molar-refractivity contribution in [1.82, 2.24) is 14.8 Å². The van der Waals surface area contributed by atoms with Crippen LogP contribution in [0.25, 0.3) is 10.8 Å². The molecule has 206 valence electrons. The summed E-state index contributed by atoms with van der Waals surface area (Å²) < 4.78 is 0. The van der Waals surface area contributed by atoms with Crippen molar-refractivity contribution in [2.24, 2.45) is 5.73 Å². The molecule has 0 unspecified atom stereocenters. The number of anilines is 2. The van der Waals surface area contributed by atoms with E-state index in [0.29, 0.717) is 28.5 Å². The van der Waals surface area contributed by atoms with E-state index in [2.05, 4.69) is 9.88 Å². The molecule has 0 atom stereocenters. The second-order valence-electron chi connectivity index (χ2n) is 9.91. The van der Waals surface area contributed by atoms with Gasteiger partial charge < -0.3 is 26.4 Å². The molecule has 1 aromatic heterocycles. The van der Waals surface area contributed by atoms with Gasteiger partial charge in [-0.1, -0.05) is 30.7 Å². The zero-order valence-corrected chi connectivity index (χ0v) is 22.0. The van der Waals surface area contributed by atoms with Gasteiger partial charge in [-0.2, -0.15) is 0 Å². The van der Waals surface area contributed by atoms with Gasteiger partial charge in [0.1, 0.15) is 12.4 Å². The molecule has 2 saturated heterocycles. The molecule has 5 rings (SSSR count). The number of carbonyl (C=O) groups is 3. The minimum atomic E-state index is -1.09. The third-order valence-electron chi connectivity index (χ3n) is 7.33. The number of nitrogens with two attached hydrogens (primary N) is 2. The first-order valence-corrected chi connectivity index (χ1v) is 13.3. The molecule has 39 heavy (non-hydrogen) atoms. The molecule has 3 heterocycles. The lowest BCUT2D eigenvalue weighted by molar-refractivity contribution is -0.135. The maximum atomic E-state index is 12.8. The largest absolute Gasteiger partial charge is 0.480 e. The number of amides is 3. The minimum absolute atomic E-state index is 0.257. The number of carbonyl (C=O) groups excluding carboxylic acids is 2. The number of carboxylic acid groups (broad SMARTS) is 1. The Morgan fingerprint density at radius 3 is 2.28 bits per heavy atom. The molecule has 10 nitrogen and oxygen atoms in total. The summed E-state index contributed by atoms with van der Waals surface area (Å²) in [6.07, 6.45) is 7.87. The number of rotatable bonds is 5. The molecule has 3 amide bonds. The molecule has 2 aliphatic heterocycles. The van der Waals surface area contributed by atoms with Crippen LogP contribution in [0.2, 0.25) is 0 Å². The summed E-state index contributed by atoms with van der Waals surface area (Å²) in [6.45, 7) is 3.76. The highest BCUT2D eigenvalue weighted by molar-refractivity contribution is 6.10. The van der Waals surface area contributed by atoms with Gasteiger partial charge in [0, 0.05) is 42.0 Å². The van der Waals surface area contributed by atoms with Crippen molar-refractivity contribution in [3.63, 3.8) is 0 Å². The minimum Gasteiger partial charge on any atom is -0.480 e. The fourth-order valence-corrected chi connectivity index (χ4v) is 5.24. The number of carboxylic acids is 1. The molecule has 2 fully saturated rings. The van der Waals surface area contributed by atoms with Crippen molar-refractivity contribution in [1.29, 1.82) is 0 Å². The number of para-hydroxylation sites is 1. The highest BCUT2D eigenvalue weighted by Gasteiger charge is 2.26. The van der Waals surface area contributed by atoms with Crippen LogP contribution in [-0.4, -0.2) is 76.6 Å². The third-order valence-corrected chi connectivity index (χ3v) is 7.33. The normalized spacial score (nSPS) is 16.3. The van der Waals surface area contributed by atoms with E-state index in [1.165, 1.54) is 37.3 Å². The van der Waals surface area contributed by atoms with E-state index >= 15 is 0 Å². The number of fused-ring (bicyclic) bond motifs is 1. The van der Waals surface area contributed by atoms with Crippen LogP contribution in [0, 0.1) is 0 Å². The Morgan fingerprint density at radius 2 is 1.64 bits per heavy atom. The summed E-state index contributed by atoms with van der Waals surface area (Å²) in [4.78, 5) is 44.6. The highest BCUT2D eigenvalue weighted by atomic mass is 16.4. The fourth-order valence-electron chi connectivity index (χ4n) is 5.24. The molecule has 10 heteroatoms. The van der Waals surface area contributed by atoms with Crippen LogP contribution in [0.15, 0.2) is 60.8 Å². The number of hydrogen-bond acceptors (Lipinski definition) is 6. The number of aromatic nitrogens is 1. The van der Waals surface area contributed by atoms with Crippen LogP contribution in [0.4, 0.5) is 16.3 Å². The highest BCUT2D eigenvalue weighted by Crippen LogP contribution is 2.23. The predicted octanol–water partition coefficient (Wildman–Crippen LogP) is 3.56. The summed E-state index contributed by atoms with van der Waals surface area (Å²) in [7, 11) is 0. The summed E-state index contributed by atoms with van der Waals surface area (Å²) in [6, 6.07) is 16.0. The van der Waals surface area contributed by atoms with Gasteiger partial charge >= 0.3 is 12.0 Å². The van der Waals surface area contributed by atoms with Crippen LogP contribution in [0.1, 0.15) is 42.5 Å². The zero-order chi connectivity index (χ0) is 27.8. The van der Waals surface area contributed by atoms with E-state index in [0.717, 1.165) is 31.3 Å². The summed E-state index contributed by atoms with van der Waals surface area (Å²) in [5.41, 5.74) is 12.0. The molecular formula is C29H36N6O4. The molecule has 0 spiro atoms. The molecule has 0 bridgehead atoms. The molecule has 2 aromatic carbocycles. The second kappa shape index (κ2) is 13.1. The van der Waals surface area contributed by atoms with E-state index in [4.69, 9.17) is 16.6 Å². The average Bonchev–Trinajstić information content (AvgIpc) is 2.97. The average molecular weight is 533 g/mol. The molecule has 0 aliphatic carbocycles. The van der Waals surface area contributed by atoms with E-state index in [1.54, 1.807) is 65.7 Å². The van der Waals surface area contributed by atoms with E-state index in [9.17, 15) is 14.4 Å². The van der Waals surface area contributed by atoms with Gasteiger partial charge in [0.25, 0.3) is 5.91 Å². The van der Waals surface area contributed by atoms with Crippen molar-refractivity contribution in [2.75, 3.05) is 43.4 Å². The first-order valence-electron chi connectivity index (χ1n) is 13.3. The maximum absolute atomic E-state index is 12.8. The van der Waals surface area contributed by atoms with Crippen LogP contribution >= 0.6 is 0 Å². The van der Waals surface area contributed by atoms with Crippen LogP contribution in [-0.2, 0) is 4.79 Å². The Morgan fingerprint density at radius 1 is 0.949 bits per heavy atom. The molecular weight excluding hydrogens is 496 g/mol. The first-order chi connectivity index (χ1) is 18.8. The standard InChI is InChI=1S/C18H15N3O3.C11H21N3O/c19-17-15-10-13(7-6-12(15)8-9-20-17)18(24)21(11-16(22)23)14-4-2-1-3-5-14;12-11(15)14-8-4-10(5-9-14)13-6-2-1-3-7-13/h1-10H,11H2,(H2,19,20)(H,22,23);10H,1-9H2,(H2,12,15). The van der Waals surface area contributed by atoms with Gasteiger partial charge in [0.2, 0.25) is 0 Å². The maximum Gasteiger partial charge on any atom is 0.323 e. The van der Waals surface area contributed by atoms with E-state index in [1.807, 2.05) is 0 Å². The quantitative estimate of drug-likeness (QED) is 0.455. The smallest absolute Gasteiger partial charge is 0.323 e. The van der Waals surface area contributed by atoms with Gasteiger partial charge in [-0.25, -0.2) is 9.78 Å². The Labute approximate surface area is 228 Å². The topological polar surface area (TPSA) is 146 Å². The number of hydrogen-bond donors (Lipinski definition) is 3. The van der Waals surface area contributed by atoms with Gasteiger partial charge in [-0.15, -0.1) is 0 Å². The number of nitrogen functional groups attached to an aromatic ring is 1. The van der Waals surface area contributed by atoms with Gasteiger partial charge in [0.15, 0.2) is 0 Å². The van der Waals surface area contributed by atoms with Crippen LogP contribution in [0.5, 0.6) is 0 Å². The van der Waals surface area contributed by atoms with Crippen LogP contribution < -0.4 is 16.4 Å². The monoisotopic (exact) mass is 532 g/mol. The van der Waals surface area contributed by atoms with Crippen LogP contribution in [0.3, 0.4) is 0 Å². The number of pyridine rings is 1. The van der Waals surface area contributed by atoms with Gasteiger partial charge in [-0.05, 0) is 74.5 Å². The molecule has 3 aromatic rings. The zero-order valence-electron chi connectivity index (χ0n) is 22.0. The summed E-state index contributed by atoms with van der Waals surface area (Å²) >= 11 is 0. The number of urea groups is 1. The van der Waals surface area contributed by atoms with E-state index in [-0.39, 0.29) is 6.03 Å². The van der Waals surface area contributed by atoms with Gasteiger partial charge in [0.05, 0.1) is 0 Å². The van der Waals surface area contributed by atoms with Crippen molar-refractivity contribution in [3.8, 4) is 0 Å². The Balaban J connectivity index is 0.000000202. The number of likely N-dealkylation sites (tertiary alicyclic amines) is 2. The van der Waals surface area contributed by atoms with Crippen molar-refractivity contribution < 1.29 is 19.5 Å². The Bertz CT molecular complexity index is 1290. The van der Waals surface area contributed by atoms with Crippen molar-refractivity contribution in [3.05, 3.63) is 66.4 Å². The lowest BCUT2D eigenvalue weighted by atomic mass is 10.0. The third kappa shape index (κ3) is 7.23. The SMILES string of the molecule is NC(=O)N1CCC(N2CCCCC2)CC1.Nc1nccc2ccc(C(=O)N(CC(=O)O)c3ccccc3)cc12. The number of nitrogens with zero attached hydrogens (tertiary/aromatic N) is 4. The predicted molar refractivity (Wildman–Crippen MR) is 152 cm³/mol. The molecule has 2 aliphatic rings. The number of benzene rings is 2. The van der Waals surface area contributed by atoms with E-state index < -0.39 is 18.4 Å². The molecule has 0 saturated carbocycles. The Kier molecular flexibility index (Phi) is 9.32. The Hall–Kier alpha value is -4.18.